The molecule has 4 atom stereocenters. The lowest BCUT2D eigenvalue weighted by molar-refractivity contribution is -0.127. The first-order chi connectivity index (χ1) is 10.6. The predicted molar refractivity (Wildman–Crippen MR) is 83.7 cm³/mol. The lowest BCUT2D eigenvalue weighted by atomic mass is 9.84. The van der Waals surface area contributed by atoms with Gasteiger partial charge in [0.05, 0.1) is 20.1 Å². The Kier molecular flexibility index (Phi) is 4.25. The largest absolute Gasteiger partial charge is 0.497 e. The highest BCUT2D eigenvalue weighted by Gasteiger charge is 2.48. The molecule has 22 heavy (non-hydrogen) atoms. The molecule has 2 aliphatic carbocycles. The molecule has 3 rings (SSSR count). The van der Waals surface area contributed by atoms with Gasteiger partial charge in [0.2, 0.25) is 5.91 Å². The van der Waals surface area contributed by atoms with Crippen molar-refractivity contribution in [2.75, 3.05) is 14.2 Å². The van der Waals surface area contributed by atoms with Gasteiger partial charge in [0.25, 0.3) is 0 Å². The zero-order valence-electron chi connectivity index (χ0n) is 13.2. The van der Waals surface area contributed by atoms with Crippen molar-refractivity contribution < 1.29 is 14.3 Å². The van der Waals surface area contributed by atoms with Crippen molar-refractivity contribution in [2.24, 2.45) is 23.5 Å². The van der Waals surface area contributed by atoms with Crippen molar-refractivity contribution in [3.05, 3.63) is 23.8 Å². The lowest BCUT2D eigenvalue weighted by Gasteiger charge is -2.27. The van der Waals surface area contributed by atoms with Crippen LogP contribution in [-0.2, 0) is 11.3 Å². The number of carbonyl (C=O) groups is 1. The molecule has 2 fully saturated rings. The van der Waals surface area contributed by atoms with Gasteiger partial charge in [-0.2, -0.15) is 0 Å². The number of nitrogens with two attached hydrogens (primary N) is 1. The van der Waals surface area contributed by atoms with Crippen molar-refractivity contribution >= 4 is 5.91 Å². The van der Waals surface area contributed by atoms with Crippen LogP contribution in [0.4, 0.5) is 0 Å². The third kappa shape index (κ3) is 2.65. The fourth-order valence-electron chi connectivity index (χ4n) is 4.02. The fourth-order valence-corrected chi connectivity index (χ4v) is 4.02. The Morgan fingerprint density at radius 1 is 1.27 bits per heavy atom. The first kappa shape index (κ1) is 15.2. The maximum Gasteiger partial charge on any atom is 0.225 e. The van der Waals surface area contributed by atoms with Crippen molar-refractivity contribution in [2.45, 2.75) is 31.8 Å². The average Bonchev–Trinajstić information content (AvgIpc) is 3.13. The van der Waals surface area contributed by atoms with Crippen LogP contribution in [0.25, 0.3) is 0 Å². The summed E-state index contributed by atoms with van der Waals surface area (Å²) in [5.41, 5.74) is 7.16. The molecule has 2 saturated carbocycles. The van der Waals surface area contributed by atoms with Gasteiger partial charge in [-0.05, 0) is 43.2 Å². The maximum atomic E-state index is 12.5. The summed E-state index contributed by atoms with van der Waals surface area (Å²) in [4.78, 5) is 12.5. The first-order valence-corrected chi connectivity index (χ1v) is 7.88. The van der Waals surface area contributed by atoms with E-state index >= 15 is 0 Å². The molecular formula is C17H24N2O3. The van der Waals surface area contributed by atoms with Gasteiger partial charge in [-0.1, -0.05) is 0 Å². The van der Waals surface area contributed by atoms with E-state index in [1.807, 2.05) is 18.2 Å². The SMILES string of the molecule is COc1ccc(CNC(=O)C2C3CCC(C3)C2N)c(OC)c1. The molecule has 2 bridgehead atoms. The minimum Gasteiger partial charge on any atom is -0.497 e. The van der Waals surface area contributed by atoms with Gasteiger partial charge < -0.3 is 20.5 Å². The quantitative estimate of drug-likeness (QED) is 0.868. The molecule has 5 heteroatoms. The van der Waals surface area contributed by atoms with Crippen molar-refractivity contribution in [1.29, 1.82) is 0 Å². The van der Waals surface area contributed by atoms with E-state index in [0.29, 0.717) is 18.4 Å². The third-order valence-electron chi connectivity index (χ3n) is 5.23. The monoisotopic (exact) mass is 304 g/mol. The zero-order chi connectivity index (χ0) is 15.7. The van der Waals surface area contributed by atoms with Crippen LogP contribution in [0.3, 0.4) is 0 Å². The summed E-state index contributed by atoms with van der Waals surface area (Å²) >= 11 is 0. The molecule has 5 nitrogen and oxygen atoms in total. The van der Waals surface area contributed by atoms with Gasteiger partial charge >= 0.3 is 0 Å². The van der Waals surface area contributed by atoms with E-state index in [0.717, 1.165) is 29.9 Å². The van der Waals surface area contributed by atoms with Crippen LogP contribution in [0.5, 0.6) is 11.5 Å². The zero-order valence-corrected chi connectivity index (χ0v) is 13.2. The molecule has 0 aliphatic heterocycles. The number of carbonyl (C=O) groups excluding carboxylic acids is 1. The number of benzene rings is 1. The van der Waals surface area contributed by atoms with E-state index in [4.69, 9.17) is 15.2 Å². The first-order valence-electron chi connectivity index (χ1n) is 7.88. The second-order valence-corrected chi connectivity index (χ2v) is 6.33. The smallest absolute Gasteiger partial charge is 0.225 e. The number of hydrogen-bond donors (Lipinski definition) is 2. The number of fused-ring (bicyclic) bond motifs is 2. The van der Waals surface area contributed by atoms with Crippen LogP contribution in [0.2, 0.25) is 0 Å². The highest BCUT2D eigenvalue weighted by molar-refractivity contribution is 5.80. The van der Waals surface area contributed by atoms with E-state index in [1.54, 1.807) is 14.2 Å². The molecule has 4 unspecified atom stereocenters. The molecule has 0 saturated heterocycles. The Hall–Kier alpha value is -1.75. The topological polar surface area (TPSA) is 73.6 Å². The van der Waals surface area contributed by atoms with Crippen LogP contribution < -0.4 is 20.5 Å². The Balaban J connectivity index is 1.64. The van der Waals surface area contributed by atoms with Crippen LogP contribution in [-0.4, -0.2) is 26.2 Å². The standard InChI is InChI=1S/C17H24N2O3/c1-21-13-6-5-12(14(8-13)22-2)9-19-17(20)15-10-3-4-11(7-10)16(15)18/h5-6,8,10-11,15-16H,3-4,7,9,18H2,1-2H3,(H,19,20). The van der Waals surface area contributed by atoms with Crippen molar-refractivity contribution in [1.82, 2.24) is 5.32 Å². The summed E-state index contributed by atoms with van der Waals surface area (Å²) in [6, 6.07) is 5.63. The van der Waals surface area contributed by atoms with Crippen molar-refractivity contribution in [3.8, 4) is 11.5 Å². The number of methoxy groups -OCH3 is 2. The van der Waals surface area contributed by atoms with Gasteiger partial charge in [0, 0.05) is 24.2 Å². The van der Waals surface area contributed by atoms with Crippen LogP contribution in [0.15, 0.2) is 18.2 Å². The van der Waals surface area contributed by atoms with E-state index in [9.17, 15) is 4.79 Å². The normalized spacial score (nSPS) is 29.4. The van der Waals surface area contributed by atoms with Gasteiger partial charge in [-0.3, -0.25) is 4.79 Å². The number of nitrogens with one attached hydrogen (secondary N) is 1. The van der Waals surface area contributed by atoms with Gasteiger partial charge in [-0.25, -0.2) is 0 Å². The lowest BCUT2D eigenvalue weighted by Crippen LogP contribution is -2.45. The number of hydrogen-bond acceptors (Lipinski definition) is 4. The third-order valence-corrected chi connectivity index (χ3v) is 5.23. The summed E-state index contributed by atoms with van der Waals surface area (Å²) in [6.45, 7) is 0.451. The summed E-state index contributed by atoms with van der Waals surface area (Å²) in [5, 5.41) is 3.03. The second kappa shape index (κ2) is 6.16. The molecule has 3 N–H and O–H groups in total. The van der Waals surface area contributed by atoms with E-state index in [-0.39, 0.29) is 17.9 Å². The van der Waals surface area contributed by atoms with Gasteiger partial charge in [0.15, 0.2) is 0 Å². The Labute approximate surface area is 131 Å². The molecule has 0 radical (unpaired) electrons. The number of ether oxygens (including phenoxy) is 2. The number of rotatable bonds is 5. The fraction of sp³-hybridized carbons (Fsp3) is 0.588. The predicted octanol–water partition coefficient (Wildman–Crippen LogP) is 1.69. The van der Waals surface area contributed by atoms with Crippen molar-refractivity contribution in [3.63, 3.8) is 0 Å². The van der Waals surface area contributed by atoms with Crippen LogP contribution >= 0.6 is 0 Å². The highest BCUT2D eigenvalue weighted by Crippen LogP contribution is 2.47. The van der Waals surface area contributed by atoms with Crippen LogP contribution in [0, 0.1) is 17.8 Å². The molecule has 2 aliphatic rings. The van der Waals surface area contributed by atoms with E-state index in [2.05, 4.69) is 5.32 Å². The molecule has 1 aromatic rings. The molecule has 1 amide bonds. The minimum absolute atomic E-state index is 0.0245. The van der Waals surface area contributed by atoms with E-state index in [1.165, 1.54) is 6.42 Å². The Morgan fingerprint density at radius 3 is 2.68 bits per heavy atom. The summed E-state index contributed by atoms with van der Waals surface area (Å²) in [7, 11) is 3.23. The molecule has 120 valence electrons. The number of amides is 1. The maximum absolute atomic E-state index is 12.5. The molecule has 0 heterocycles. The minimum atomic E-state index is -0.0250. The average molecular weight is 304 g/mol. The Morgan fingerprint density at radius 2 is 2.05 bits per heavy atom. The molecule has 1 aromatic carbocycles. The Bertz CT molecular complexity index is 559. The van der Waals surface area contributed by atoms with Gasteiger partial charge in [-0.15, -0.1) is 0 Å². The van der Waals surface area contributed by atoms with E-state index < -0.39 is 0 Å². The molecule has 0 spiro atoms. The van der Waals surface area contributed by atoms with Crippen LogP contribution in [0.1, 0.15) is 24.8 Å². The second-order valence-electron chi connectivity index (χ2n) is 6.33. The van der Waals surface area contributed by atoms with Gasteiger partial charge in [0.1, 0.15) is 11.5 Å². The highest BCUT2D eigenvalue weighted by atomic mass is 16.5. The molecular weight excluding hydrogens is 280 g/mol. The molecule has 0 aromatic heterocycles. The summed E-state index contributed by atoms with van der Waals surface area (Å²) in [6.07, 6.45) is 3.44. The summed E-state index contributed by atoms with van der Waals surface area (Å²) in [5.74, 6) is 2.52. The summed E-state index contributed by atoms with van der Waals surface area (Å²) < 4.78 is 10.5.